The molecule has 9 nitrogen and oxygen atoms in total. The van der Waals surface area contributed by atoms with Crippen LogP contribution in [0.2, 0.25) is 0 Å². The van der Waals surface area contributed by atoms with Crippen molar-refractivity contribution in [1.82, 2.24) is 24.8 Å². The Bertz CT molecular complexity index is 1460. The zero-order chi connectivity index (χ0) is 26.3. The second-order valence-electron chi connectivity index (χ2n) is 10.4. The Kier molecular flexibility index (Phi) is 5.07. The van der Waals surface area contributed by atoms with Gasteiger partial charge in [-0.2, -0.15) is 13.2 Å². The largest absolute Gasteiger partial charge is 0.417 e. The first kappa shape index (κ1) is 23.7. The molecule has 1 saturated heterocycles. The number of nitrogens with one attached hydrogen (secondary N) is 1. The lowest BCUT2D eigenvalue weighted by atomic mass is 9.97. The third-order valence-corrected chi connectivity index (χ3v) is 7.43. The molecule has 2 amide bonds. The normalized spacial score (nSPS) is 19.6. The van der Waals surface area contributed by atoms with Crippen molar-refractivity contribution in [3.05, 3.63) is 46.6 Å². The van der Waals surface area contributed by atoms with Gasteiger partial charge >= 0.3 is 6.18 Å². The third-order valence-electron chi connectivity index (χ3n) is 7.43. The first-order chi connectivity index (χ1) is 17.4. The second-order valence-corrected chi connectivity index (χ2v) is 10.4. The highest BCUT2D eigenvalue weighted by Gasteiger charge is 2.44. The van der Waals surface area contributed by atoms with Gasteiger partial charge < -0.3 is 20.7 Å². The number of rotatable bonds is 5. The molecule has 1 aliphatic carbocycles. The minimum atomic E-state index is -4.73. The van der Waals surface area contributed by atoms with Crippen LogP contribution in [0, 0.1) is 5.92 Å². The molecule has 2 aromatic heterocycles. The number of nitrogens with zero attached hydrogens (tertiary/aromatic N) is 4. The maximum atomic E-state index is 14.1. The summed E-state index contributed by atoms with van der Waals surface area (Å²) in [5, 5.41) is 6.98. The summed E-state index contributed by atoms with van der Waals surface area (Å²) in [7, 11) is 0. The average molecular weight is 515 g/mol. The summed E-state index contributed by atoms with van der Waals surface area (Å²) in [6.07, 6.45) is -1.30. The van der Waals surface area contributed by atoms with Crippen LogP contribution in [0.5, 0.6) is 0 Å². The molecule has 194 valence electrons. The summed E-state index contributed by atoms with van der Waals surface area (Å²) >= 11 is 0. The van der Waals surface area contributed by atoms with E-state index in [1.807, 2.05) is 13.8 Å². The molecule has 37 heavy (non-hydrogen) atoms. The number of nitrogen functional groups attached to an aromatic ring is 1. The fraction of sp³-hybridized carbons (Fsp3) is 0.440. The number of halogens is 3. The first-order valence-electron chi connectivity index (χ1n) is 12.1. The van der Waals surface area contributed by atoms with Crippen LogP contribution in [0.15, 0.2) is 24.4 Å². The fourth-order valence-electron chi connectivity index (χ4n) is 5.15. The monoisotopic (exact) mass is 514 g/mol. The molecule has 0 bridgehead atoms. The number of ether oxygens (including phenoxy) is 1. The van der Waals surface area contributed by atoms with E-state index in [9.17, 15) is 22.8 Å². The van der Waals surface area contributed by atoms with Crippen molar-refractivity contribution in [2.45, 2.75) is 51.0 Å². The van der Waals surface area contributed by atoms with E-state index in [0.29, 0.717) is 24.7 Å². The summed E-state index contributed by atoms with van der Waals surface area (Å²) in [6.45, 7) is 4.52. The maximum Gasteiger partial charge on any atom is 0.417 e. The van der Waals surface area contributed by atoms with E-state index >= 15 is 0 Å². The molecule has 6 rings (SSSR count). The summed E-state index contributed by atoms with van der Waals surface area (Å²) in [5.41, 5.74) is 5.03. The van der Waals surface area contributed by atoms with Crippen LogP contribution in [-0.4, -0.2) is 56.1 Å². The maximum absolute atomic E-state index is 14.1. The molecule has 2 fully saturated rings. The molecule has 0 radical (unpaired) electrons. The van der Waals surface area contributed by atoms with Crippen molar-refractivity contribution >= 4 is 23.3 Å². The standard InChI is InChI=1S/C25H25F3N6O3/c1-12(13-3-4-13)33-9-15-7-14(8-16(25(26,27)28)18(15)23(33)36)17-5-6-34-21(30-17)19(20(29)32-34)22(35)31-24(2)10-37-11-24/h5-8,12-13H,3-4,9-11H2,1-2H3,(H2,29,32)(H,31,35)/t12-/m0/s1. The molecule has 1 atom stereocenters. The van der Waals surface area contributed by atoms with Gasteiger partial charge in [-0.1, -0.05) is 0 Å². The number of alkyl halides is 3. The summed E-state index contributed by atoms with van der Waals surface area (Å²) in [6, 6.07) is 3.91. The van der Waals surface area contributed by atoms with Gasteiger partial charge in [-0.15, -0.1) is 5.10 Å². The van der Waals surface area contributed by atoms with E-state index < -0.39 is 29.1 Å². The quantitative estimate of drug-likeness (QED) is 0.540. The van der Waals surface area contributed by atoms with Crippen LogP contribution < -0.4 is 11.1 Å². The molecule has 0 unspecified atom stereocenters. The predicted molar refractivity (Wildman–Crippen MR) is 127 cm³/mol. The van der Waals surface area contributed by atoms with Gasteiger partial charge in [0.2, 0.25) is 0 Å². The zero-order valence-electron chi connectivity index (χ0n) is 20.2. The van der Waals surface area contributed by atoms with E-state index in [2.05, 4.69) is 15.4 Å². The van der Waals surface area contributed by atoms with E-state index in [-0.39, 0.29) is 46.4 Å². The van der Waals surface area contributed by atoms with Gasteiger partial charge in [-0.05, 0) is 56.4 Å². The molecule has 3 aliphatic rings. The number of amides is 2. The van der Waals surface area contributed by atoms with Crippen molar-refractivity contribution < 1.29 is 27.5 Å². The van der Waals surface area contributed by atoms with Gasteiger partial charge in [0.1, 0.15) is 5.56 Å². The highest BCUT2D eigenvalue weighted by Crippen LogP contribution is 2.43. The zero-order valence-corrected chi connectivity index (χ0v) is 20.2. The average Bonchev–Trinajstić information content (AvgIpc) is 3.54. The number of hydrogen-bond acceptors (Lipinski definition) is 6. The Morgan fingerprint density at radius 3 is 2.65 bits per heavy atom. The number of nitrogens with two attached hydrogens (primary N) is 1. The molecule has 4 heterocycles. The lowest BCUT2D eigenvalue weighted by Crippen LogP contribution is -2.59. The first-order valence-corrected chi connectivity index (χ1v) is 12.1. The summed E-state index contributed by atoms with van der Waals surface area (Å²) in [4.78, 5) is 32.1. The van der Waals surface area contributed by atoms with Crippen LogP contribution in [0.25, 0.3) is 16.9 Å². The Morgan fingerprint density at radius 2 is 2.03 bits per heavy atom. The van der Waals surface area contributed by atoms with E-state index in [0.717, 1.165) is 18.9 Å². The van der Waals surface area contributed by atoms with Crippen LogP contribution in [0.4, 0.5) is 19.0 Å². The number of aromatic nitrogens is 3. The topological polar surface area (TPSA) is 115 Å². The van der Waals surface area contributed by atoms with Gasteiger partial charge in [0.25, 0.3) is 11.8 Å². The second kappa shape index (κ2) is 7.91. The van der Waals surface area contributed by atoms with Crippen LogP contribution >= 0.6 is 0 Å². The number of fused-ring (bicyclic) bond motifs is 2. The lowest BCUT2D eigenvalue weighted by Gasteiger charge is -2.38. The number of hydrogen-bond donors (Lipinski definition) is 2. The number of carbonyl (C=O) groups excluding carboxylic acids is 2. The fourth-order valence-corrected chi connectivity index (χ4v) is 5.15. The molecule has 2 aliphatic heterocycles. The van der Waals surface area contributed by atoms with E-state index in [1.54, 1.807) is 6.07 Å². The smallest absolute Gasteiger partial charge is 0.381 e. The number of anilines is 1. The molecule has 1 aromatic carbocycles. The van der Waals surface area contributed by atoms with Gasteiger partial charge in [0.15, 0.2) is 11.5 Å². The van der Waals surface area contributed by atoms with Crippen molar-refractivity contribution in [1.29, 1.82) is 0 Å². The van der Waals surface area contributed by atoms with Gasteiger partial charge in [-0.3, -0.25) is 9.59 Å². The lowest BCUT2D eigenvalue weighted by molar-refractivity contribution is -0.137. The molecule has 12 heteroatoms. The number of benzene rings is 1. The van der Waals surface area contributed by atoms with E-state index in [4.69, 9.17) is 10.5 Å². The van der Waals surface area contributed by atoms with Crippen molar-refractivity contribution in [2.24, 2.45) is 5.92 Å². The van der Waals surface area contributed by atoms with Gasteiger partial charge in [-0.25, -0.2) is 9.50 Å². The summed E-state index contributed by atoms with van der Waals surface area (Å²) < 4.78 is 48.9. The Morgan fingerprint density at radius 1 is 1.30 bits per heavy atom. The highest BCUT2D eigenvalue weighted by atomic mass is 19.4. The van der Waals surface area contributed by atoms with Crippen molar-refractivity contribution in [2.75, 3.05) is 18.9 Å². The Hall–Kier alpha value is -3.67. The van der Waals surface area contributed by atoms with E-state index in [1.165, 1.54) is 21.7 Å². The molecule has 3 N–H and O–H groups in total. The van der Waals surface area contributed by atoms with Crippen LogP contribution in [0.3, 0.4) is 0 Å². The Balaban J connectivity index is 1.42. The molecular formula is C25H25F3N6O3. The predicted octanol–water partition coefficient (Wildman–Crippen LogP) is 3.27. The molecular weight excluding hydrogens is 489 g/mol. The van der Waals surface area contributed by atoms with Crippen molar-refractivity contribution in [3.8, 4) is 11.3 Å². The Labute approximate surface area is 209 Å². The highest BCUT2D eigenvalue weighted by molar-refractivity contribution is 6.05. The third kappa shape index (κ3) is 3.90. The van der Waals surface area contributed by atoms with Crippen molar-refractivity contribution in [3.63, 3.8) is 0 Å². The molecule has 3 aromatic rings. The number of carbonyl (C=O) groups is 2. The SMILES string of the molecule is C[C@@H](C1CC1)N1Cc2cc(-c3ccn4nc(N)c(C(=O)NC5(C)COC5)c4n3)cc(C(F)(F)F)c2C1=O. The van der Waals surface area contributed by atoms with Crippen LogP contribution in [0.1, 0.15) is 58.5 Å². The van der Waals surface area contributed by atoms with Gasteiger partial charge in [0.05, 0.1) is 35.6 Å². The molecule has 0 spiro atoms. The molecule has 1 saturated carbocycles. The van der Waals surface area contributed by atoms with Crippen LogP contribution in [-0.2, 0) is 17.5 Å². The summed E-state index contributed by atoms with van der Waals surface area (Å²) in [5.74, 6) is -0.816. The minimum absolute atomic E-state index is 0.0341. The minimum Gasteiger partial charge on any atom is -0.381 e. The van der Waals surface area contributed by atoms with Gasteiger partial charge in [0, 0.05) is 24.3 Å².